The van der Waals surface area contributed by atoms with Gasteiger partial charge < -0.3 is 9.88 Å². The molecule has 0 amide bonds. The largest absolute Gasteiger partial charge is 0.356 e. The quantitative estimate of drug-likeness (QED) is 0.805. The molecule has 17 heavy (non-hydrogen) atoms. The summed E-state index contributed by atoms with van der Waals surface area (Å²) in [6, 6.07) is 4.34. The van der Waals surface area contributed by atoms with Gasteiger partial charge in [-0.3, -0.25) is 0 Å². The highest BCUT2D eigenvalue weighted by atomic mass is 15.2. The van der Waals surface area contributed by atoms with Gasteiger partial charge in [-0.05, 0) is 18.9 Å². The number of nitrogens with zero attached hydrogens (tertiary/aromatic N) is 4. The zero-order chi connectivity index (χ0) is 11.7. The zero-order valence-electron chi connectivity index (χ0n) is 9.43. The fraction of sp³-hybridized carbons (Fsp3) is 0.417. The predicted molar refractivity (Wildman–Crippen MR) is 64.4 cm³/mol. The van der Waals surface area contributed by atoms with Gasteiger partial charge in [0.15, 0.2) is 0 Å². The van der Waals surface area contributed by atoms with Crippen molar-refractivity contribution in [2.24, 2.45) is 5.92 Å². The van der Waals surface area contributed by atoms with Crippen molar-refractivity contribution in [3.05, 3.63) is 18.6 Å². The van der Waals surface area contributed by atoms with Gasteiger partial charge in [-0.25, -0.2) is 9.97 Å². The zero-order valence-corrected chi connectivity index (χ0v) is 9.43. The number of hydrogen-bond acceptors (Lipinski definition) is 4. The lowest BCUT2D eigenvalue weighted by molar-refractivity contribution is 0.486. The van der Waals surface area contributed by atoms with Crippen LogP contribution in [0, 0.1) is 17.2 Å². The molecule has 2 aromatic heterocycles. The lowest BCUT2D eigenvalue weighted by Crippen LogP contribution is -2.33. The van der Waals surface area contributed by atoms with E-state index in [1.165, 1.54) is 0 Å². The Hall–Kier alpha value is -2.09. The molecule has 5 nitrogen and oxygen atoms in total. The Morgan fingerprint density at radius 1 is 1.35 bits per heavy atom. The molecule has 0 aliphatic carbocycles. The van der Waals surface area contributed by atoms with Crippen LogP contribution < -0.4 is 4.90 Å². The summed E-state index contributed by atoms with van der Waals surface area (Å²) < 4.78 is 0. The van der Waals surface area contributed by atoms with Crippen LogP contribution in [0.3, 0.4) is 0 Å². The molecule has 0 aromatic carbocycles. The lowest BCUT2D eigenvalue weighted by Gasteiger charge is -2.30. The number of fused-ring (bicyclic) bond motifs is 1. The van der Waals surface area contributed by atoms with Crippen molar-refractivity contribution >= 4 is 16.9 Å². The minimum Gasteiger partial charge on any atom is -0.356 e. The van der Waals surface area contributed by atoms with Crippen LogP contribution >= 0.6 is 0 Å². The summed E-state index contributed by atoms with van der Waals surface area (Å²) >= 11 is 0. The van der Waals surface area contributed by atoms with Crippen molar-refractivity contribution in [3.8, 4) is 6.07 Å². The Morgan fingerprint density at radius 3 is 2.94 bits per heavy atom. The maximum atomic E-state index is 8.89. The molecule has 0 bridgehead atoms. The number of H-pyrrole nitrogens is 1. The van der Waals surface area contributed by atoms with E-state index in [0.717, 1.165) is 42.8 Å². The molecule has 2 aromatic rings. The Morgan fingerprint density at radius 2 is 2.18 bits per heavy atom. The summed E-state index contributed by atoms with van der Waals surface area (Å²) in [7, 11) is 0. The normalized spacial score (nSPS) is 17.2. The minimum atomic E-state index is 0.204. The van der Waals surface area contributed by atoms with E-state index in [1.807, 2.05) is 12.3 Å². The number of anilines is 1. The van der Waals surface area contributed by atoms with E-state index in [1.54, 1.807) is 6.33 Å². The van der Waals surface area contributed by atoms with Crippen LogP contribution in [0.5, 0.6) is 0 Å². The summed E-state index contributed by atoms with van der Waals surface area (Å²) in [6.07, 6.45) is 5.31. The van der Waals surface area contributed by atoms with Gasteiger partial charge in [0.1, 0.15) is 17.8 Å². The number of hydrogen-bond donors (Lipinski definition) is 1. The summed E-state index contributed by atoms with van der Waals surface area (Å²) in [6.45, 7) is 1.80. The summed E-state index contributed by atoms with van der Waals surface area (Å²) in [5, 5.41) is 9.95. The Bertz CT molecular complexity index is 560. The first-order chi connectivity index (χ1) is 8.38. The number of nitriles is 1. The van der Waals surface area contributed by atoms with Crippen molar-refractivity contribution in [2.75, 3.05) is 18.0 Å². The van der Waals surface area contributed by atoms with Gasteiger partial charge >= 0.3 is 0 Å². The van der Waals surface area contributed by atoms with E-state index < -0.39 is 0 Å². The molecule has 1 aliphatic rings. The van der Waals surface area contributed by atoms with Crippen molar-refractivity contribution in [2.45, 2.75) is 12.8 Å². The third-order valence-electron chi connectivity index (χ3n) is 3.31. The average Bonchev–Trinajstić information content (AvgIpc) is 2.87. The third kappa shape index (κ3) is 1.72. The van der Waals surface area contributed by atoms with Crippen LogP contribution in [0.25, 0.3) is 11.0 Å². The van der Waals surface area contributed by atoms with Crippen molar-refractivity contribution in [1.29, 1.82) is 5.26 Å². The second-order valence-electron chi connectivity index (χ2n) is 4.33. The molecule has 5 heteroatoms. The predicted octanol–water partition coefficient (Wildman–Crippen LogP) is 1.70. The number of piperidine rings is 1. The smallest absolute Gasteiger partial charge is 0.142 e. The highest BCUT2D eigenvalue weighted by Gasteiger charge is 2.21. The molecule has 1 N–H and O–H groups in total. The van der Waals surface area contributed by atoms with E-state index in [4.69, 9.17) is 5.26 Å². The van der Waals surface area contributed by atoms with Gasteiger partial charge in [-0.2, -0.15) is 5.26 Å². The lowest BCUT2D eigenvalue weighted by atomic mass is 9.98. The third-order valence-corrected chi connectivity index (χ3v) is 3.31. The molecule has 1 aliphatic heterocycles. The molecular formula is C12H13N5. The van der Waals surface area contributed by atoms with Crippen LogP contribution in [0.15, 0.2) is 18.6 Å². The molecule has 0 spiro atoms. The van der Waals surface area contributed by atoms with E-state index in [9.17, 15) is 0 Å². The molecule has 0 atom stereocenters. The maximum absolute atomic E-state index is 8.89. The first-order valence-corrected chi connectivity index (χ1v) is 5.81. The fourth-order valence-corrected chi connectivity index (χ4v) is 2.33. The molecule has 1 saturated heterocycles. The van der Waals surface area contributed by atoms with E-state index in [2.05, 4.69) is 25.9 Å². The van der Waals surface area contributed by atoms with Crippen molar-refractivity contribution in [3.63, 3.8) is 0 Å². The van der Waals surface area contributed by atoms with Crippen LogP contribution in [0.2, 0.25) is 0 Å². The topological polar surface area (TPSA) is 68.6 Å². The van der Waals surface area contributed by atoms with Crippen LogP contribution in [0.1, 0.15) is 12.8 Å². The molecule has 1 fully saturated rings. The molecule has 3 heterocycles. The van der Waals surface area contributed by atoms with Crippen LogP contribution in [-0.2, 0) is 0 Å². The van der Waals surface area contributed by atoms with Gasteiger partial charge in [-0.15, -0.1) is 0 Å². The minimum absolute atomic E-state index is 0.204. The Labute approximate surface area is 99.1 Å². The second kappa shape index (κ2) is 4.06. The summed E-state index contributed by atoms with van der Waals surface area (Å²) in [5.41, 5.74) is 0.873. The van der Waals surface area contributed by atoms with Gasteiger partial charge in [0, 0.05) is 25.2 Å². The van der Waals surface area contributed by atoms with Gasteiger partial charge in [0.05, 0.1) is 11.5 Å². The van der Waals surface area contributed by atoms with Crippen LogP contribution in [-0.4, -0.2) is 28.0 Å². The highest BCUT2D eigenvalue weighted by molar-refractivity contribution is 5.87. The molecular weight excluding hydrogens is 214 g/mol. The number of nitrogens with one attached hydrogen (secondary N) is 1. The second-order valence-corrected chi connectivity index (χ2v) is 4.33. The van der Waals surface area contributed by atoms with E-state index >= 15 is 0 Å². The summed E-state index contributed by atoms with van der Waals surface area (Å²) in [5.74, 6) is 1.18. The van der Waals surface area contributed by atoms with Crippen molar-refractivity contribution in [1.82, 2.24) is 15.0 Å². The molecule has 86 valence electrons. The van der Waals surface area contributed by atoms with E-state index in [-0.39, 0.29) is 5.92 Å². The standard InChI is InChI=1S/C12H13N5/c13-7-9-2-5-17(6-3-9)12-10-1-4-14-11(10)15-8-16-12/h1,4,8-9H,2-3,5-6H2,(H,14,15,16). The van der Waals surface area contributed by atoms with Gasteiger partial charge in [-0.1, -0.05) is 0 Å². The molecule has 0 radical (unpaired) electrons. The first-order valence-electron chi connectivity index (χ1n) is 5.81. The monoisotopic (exact) mass is 227 g/mol. The molecule has 0 unspecified atom stereocenters. The number of aromatic nitrogens is 3. The highest BCUT2D eigenvalue weighted by Crippen LogP contribution is 2.26. The Kier molecular flexibility index (Phi) is 2.41. The number of aromatic amines is 1. The van der Waals surface area contributed by atoms with E-state index in [0.29, 0.717) is 0 Å². The summed E-state index contributed by atoms with van der Waals surface area (Å²) in [4.78, 5) is 13.9. The fourth-order valence-electron chi connectivity index (χ4n) is 2.33. The molecule has 3 rings (SSSR count). The first kappa shape index (κ1) is 10.1. The van der Waals surface area contributed by atoms with Gasteiger partial charge in [0.2, 0.25) is 0 Å². The molecule has 0 saturated carbocycles. The number of rotatable bonds is 1. The maximum Gasteiger partial charge on any atom is 0.142 e. The van der Waals surface area contributed by atoms with Gasteiger partial charge in [0.25, 0.3) is 0 Å². The SMILES string of the molecule is N#CC1CCN(c2ncnc3[nH]ccc23)CC1. The van der Waals surface area contributed by atoms with Crippen molar-refractivity contribution < 1.29 is 0 Å². The Balaban J connectivity index is 1.90. The van der Waals surface area contributed by atoms with Crippen LogP contribution in [0.4, 0.5) is 5.82 Å². The average molecular weight is 227 g/mol.